The molecule has 0 fully saturated rings. The third-order valence-electron chi connectivity index (χ3n) is 4.87. The fraction of sp³-hybridized carbons (Fsp3) is 0.190. The van der Waals surface area contributed by atoms with Gasteiger partial charge in [0.05, 0.1) is 6.04 Å². The summed E-state index contributed by atoms with van der Waals surface area (Å²) in [5, 5.41) is 4.92. The first-order chi connectivity index (χ1) is 12.6. The van der Waals surface area contributed by atoms with Crippen molar-refractivity contribution < 1.29 is 0 Å². The van der Waals surface area contributed by atoms with Crippen LogP contribution >= 0.6 is 23.8 Å². The molecule has 0 saturated heterocycles. The van der Waals surface area contributed by atoms with Crippen LogP contribution in [0.25, 0.3) is 0 Å². The average molecular weight is 382 g/mol. The molecule has 0 amide bonds. The summed E-state index contributed by atoms with van der Waals surface area (Å²) in [5.41, 5.74) is 4.65. The molecular weight excluding hydrogens is 362 g/mol. The lowest BCUT2D eigenvalue weighted by Crippen LogP contribution is -2.44. The molecule has 0 radical (unpaired) electrons. The minimum Gasteiger partial charge on any atom is -0.348 e. The first-order valence-corrected chi connectivity index (χ1v) is 9.46. The summed E-state index contributed by atoms with van der Waals surface area (Å²) in [4.78, 5) is 2.26. The Balaban J connectivity index is 1.68. The van der Waals surface area contributed by atoms with Gasteiger partial charge in [0.2, 0.25) is 0 Å². The number of thiocarbonyl (C=S) groups is 1. The zero-order valence-electron chi connectivity index (χ0n) is 14.5. The highest BCUT2D eigenvalue weighted by Crippen LogP contribution is 2.33. The van der Waals surface area contributed by atoms with Crippen molar-refractivity contribution in [1.29, 1.82) is 0 Å². The molecule has 1 N–H and O–H groups in total. The van der Waals surface area contributed by atoms with E-state index in [1.165, 1.54) is 16.8 Å². The number of aryl methyl sites for hydroxylation is 1. The molecule has 132 valence electrons. The zero-order chi connectivity index (χ0) is 18.1. The Bertz CT molecular complexity index is 932. The number of benzene rings is 2. The number of para-hydroxylation sites is 1. The molecule has 0 aliphatic carbocycles. The number of fused-ring (bicyclic) bond motifs is 1. The molecule has 2 aromatic carbocycles. The SMILES string of the molecule is Cc1ccccc1NC(=S)N1CCn2cccc2[C@@H]1c1ccc(Cl)cc1. The maximum atomic E-state index is 6.10. The van der Waals surface area contributed by atoms with Crippen molar-refractivity contribution in [2.45, 2.75) is 19.5 Å². The lowest BCUT2D eigenvalue weighted by Gasteiger charge is -2.39. The average Bonchev–Trinajstić information content (AvgIpc) is 3.12. The number of halogens is 1. The van der Waals surface area contributed by atoms with E-state index in [1.54, 1.807) is 0 Å². The summed E-state index contributed by atoms with van der Waals surface area (Å²) in [6.45, 7) is 3.86. The first-order valence-electron chi connectivity index (χ1n) is 8.67. The summed E-state index contributed by atoms with van der Waals surface area (Å²) in [5.74, 6) is 0. The van der Waals surface area contributed by atoms with Gasteiger partial charge in [-0.2, -0.15) is 0 Å². The van der Waals surface area contributed by atoms with Gasteiger partial charge in [-0.25, -0.2) is 0 Å². The second kappa shape index (κ2) is 7.14. The maximum Gasteiger partial charge on any atom is 0.174 e. The number of nitrogens with one attached hydrogen (secondary N) is 1. The highest BCUT2D eigenvalue weighted by Gasteiger charge is 2.30. The van der Waals surface area contributed by atoms with Crippen molar-refractivity contribution >= 4 is 34.6 Å². The molecule has 0 bridgehead atoms. The number of anilines is 1. The molecule has 1 aliphatic rings. The molecule has 0 spiro atoms. The predicted molar refractivity (Wildman–Crippen MR) is 112 cm³/mol. The Labute approximate surface area is 164 Å². The minimum atomic E-state index is 0.0695. The van der Waals surface area contributed by atoms with Crippen molar-refractivity contribution in [1.82, 2.24) is 9.47 Å². The van der Waals surface area contributed by atoms with E-state index in [4.69, 9.17) is 23.8 Å². The molecule has 3 nitrogen and oxygen atoms in total. The number of hydrogen-bond donors (Lipinski definition) is 1. The van der Waals surface area contributed by atoms with Crippen molar-refractivity contribution in [3.8, 4) is 0 Å². The van der Waals surface area contributed by atoms with E-state index in [2.05, 4.69) is 64.3 Å². The largest absolute Gasteiger partial charge is 0.348 e. The van der Waals surface area contributed by atoms with Gasteiger partial charge in [-0.3, -0.25) is 0 Å². The van der Waals surface area contributed by atoms with Crippen LogP contribution in [0, 0.1) is 6.92 Å². The van der Waals surface area contributed by atoms with Crippen molar-refractivity contribution in [2.24, 2.45) is 0 Å². The van der Waals surface area contributed by atoms with Gasteiger partial charge in [-0.15, -0.1) is 0 Å². The predicted octanol–water partition coefficient (Wildman–Crippen LogP) is 5.25. The van der Waals surface area contributed by atoms with Crippen molar-refractivity contribution in [2.75, 3.05) is 11.9 Å². The van der Waals surface area contributed by atoms with Crippen LogP contribution < -0.4 is 5.32 Å². The Kier molecular flexibility index (Phi) is 4.70. The number of hydrogen-bond acceptors (Lipinski definition) is 1. The van der Waals surface area contributed by atoms with Crippen LogP contribution in [-0.4, -0.2) is 21.1 Å². The normalized spacial score (nSPS) is 16.2. The summed E-state index contributed by atoms with van der Waals surface area (Å²) in [7, 11) is 0. The first kappa shape index (κ1) is 17.1. The van der Waals surface area contributed by atoms with Crippen LogP contribution in [-0.2, 0) is 6.54 Å². The monoisotopic (exact) mass is 381 g/mol. The van der Waals surface area contributed by atoms with Crippen LogP contribution in [0.5, 0.6) is 0 Å². The van der Waals surface area contributed by atoms with Crippen LogP contribution in [0.2, 0.25) is 5.02 Å². The quantitative estimate of drug-likeness (QED) is 0.612. The number of aromatic nitrogens is 1. The summed E-state index contributed by atoms with van der Waals surface area (Å²) in [6, 6.07) is 20.6. The molecule has 1 aliphatic heterocycles. The highest BCUT2D eigenvalue weighted by molar-refractivity contribution is 7.80. The highest BCUT2D eigenvalue weighted by atomic mass is 35.5. The molecule has 2 heterocycles. The van der Waals surface area contributed by atoms with E-state index in [1.807, 2.05) is 24.3 Å². The van der Waals surface area contributed by atoms with Gasteiger partial charge in [0, 0.05) is 35.7 Å². The summed E-state index contributed by atoms with van der Waals surface area (Å²) < 4.78 is 2.30. The second-order valence-electron chi connectivity index (χ2n) is 6.52. The van der Waals surface area contributed by atoms with Crippen LogP contribution in [0.3, 0.4) is 0 Å². The molecule has 5 heteroatoms. The van der Waals surface area contributed by atoms with Crippen molar-refractivity contribution in [3.05, 3.63) is 88.7 Å². The zero-order valence-corrected chi connectivity index (χ0v) is 16.1. The van der Waals surface area contributed by atoms with Gasteiger partial charge in [-0.1, -0.05) is 41.9 Å². The van der Waals surface area contributed by atoms with Gasteiger partial charge in [0.1, 0.15) is 0 Å². The Morgan fingerprint density at radius 1 is 1.04 bits per heavy atom. The molecule has 1 atom stereocenters. The smallest absolute Gasteiger partial charge is 0.174 e. The van der Waals surface area contributed by atoms with Crippen LogP contribution in [0.1, 0.15) is 22.9 Å². The van der Waals surface area contributed by atoms with E-state index in [0.29, 0.717) is 0 Å². The molecule has 1 aromatic heterocycles. The van der Waals surface area contributed by atoms with Crippen molar-refractivity contribution in [3.63, 3.8) is 0 Å². The molecule has 0 unspecified atom stereocenters. The molecule has 26 heavy (non-hydrogen) atoms. The van der Waals surface area contributed by atoms with E-state index >= 15 is 0 Å². The minimum absolute atomic E-state index is 0.0695. The Morgan fingerprint density at radius 3 is 2.58 bits per heavy atom. The molecule has 4 rings (SSSR count). The van der Waals surface area contributed by atoms with Gasteiger partial charge < -0.3 is 14.8 Å². The number of nitrogens with zero attached hydrogens (tertiary/aromatic N) is 2. The molecule has 0 saturated carbocycles. The van der Waals surface area contributed by atoms with Gasteiger partial charge in [-0.05, 0) is 60.6 Å². The fourth-order valence-corrected chi connectivity index (χ4v) is 3.93. The molecular formula is C21H20ClN3S. The third-order valence-corrected chi connectivity index (χ3v) is 5.46. The topological polar surface area (TPSA) is 20.2 Å². The van der Waals surface area contributed by atoms with E-state index in [9.17, 15) is 0 Å². The Morgan fingerprint density at radius 2 is 1.81 bits per heavy atom. The van der Waals surface area contributed by atoms with E-state index < -0.39 is 0 Å². The maximum absolute atomic E-state index is 6.10. The van der Waals surface area contributed by atoms with Gasteiger partial charge >= 0.3 is 0 Å². The third kappa shape index (κ3) is 3.22. The van der Waals surface area contributed by atoms with Crippen LogP contribution in [0.4, 0.5) is 5.69 Å². The van der Waals surface area contributed by atoms with E-state index in [0.717, 1.165) is 28.9 Å². The summed E-state index contributed by atoms with van der Waals surface area (Å²) in [6.07, 6.45) is 2.13. The Hall–Kier alpha value is -2.30. The van der Waals surface area contributed by atoms with Gasteiger partial charge in [0.25, 0.3) is 0 Å². The molecule has 3 aromatic rings. The lowest BCUT2D eigenvalue weighted by molar-refractivity contribution is 0.293. The standard InChI is InChI=1S/C21H20ClN3S/c1-15-5-2-3-6-18(15)23-21(26)25-14-13-24-12-4-7-19(24)20(25)16-8-10-17(22)11-9-16/h2-12,20H,13-14H2,1H3,(H,23,26)/t20-/m0/s1. The summed E-state index contributed by atoms with van der Waals surface area (Å²) >= 11 is 11.9. The number of rotatable bonds is 2. The van der Waals surface area contributed by atoms with Gasteiger partial charge in [0.15, 0.2) is 5.11 Å². The second-order valence-corrected chi connectivity index (χ2v) is 7.34. The van der Waals surface area contributed by atoms with E-state index in [-0.39, 0.29) is 6.04 Å². The van der Waals surface area contributed by atoms with Crippen LogP contribution in [0.15, 0.2) is 66.9 Å². The fourth-order valence-electron chi connectivity index (χ4n) is 3.50. The lowest BCUT2D eigenvalue weighted by atomic mass is 10.0.